The Morgan fingerprint density at radius 1 is 1.03 bits per heavy atom. The number of aromatic nitrogens is 2. The summed E-state index contributed by atoms with van der Waals surface area (Å²) in [6.45, 7) is 2.04. The predicted molar refractivity (Wildman–Crippen MR) is 136 cm³/mol. The van der Waals surface area contributed by atoms with Crippen molar-refractivity contribution in [3.8, 4) is 0 Å². The van der Waals surface area contributed by atoms with Crippen molar-refractivity contribution in [3.05, 3.63) is 40.7 Å². The van der Waals surface area contributed by atoms with Gasteiger partial charge in [0.2, 0.25) is 0 Å². The third-order valence-corrected chi connectivity index (χ3v) is 9.02. The van der Waals surface area contributed by atoms with Crippen LogP contribution in [0.25, 0.3) is 0 Å². The van der Waals surface area contributed by atoms with Gasteiger partial charge < -0.3 is 14.8 Å². The SMILES string of the molecule is O=C(Nc1c2c(cc3c1CCC3)CCC2)NS(=O)(=O)N(c1cnn(C2COC2)c1)C1CCOCC1.[Na]. The Kier molecular flexibility index (Phi) is 7.67. The fraction of sp³-hybridized carbons (Fsp3) is 0.583. The van der Waals surface area contributed by atoms with E-state index in [1.165, 1.54) is 15.4 Å². The molecule has 0 spiro atoms. The van der Waals surface area contributed by atoms with E-state index in [0.717, 1.165) is 55.3 Å². The first-order valence-electron chi connectivity index (χ1n) is 12.5. The summed E-state index contributed by atoms with van der Waals surface area (Å²) in [7, 11) is -4.19. The molecule has 0 bridgehead atoms. The van der Waals surface area contributed by atoms with E-state index in [4.69, 9.17) is 9.47 Å². The molecule has 2 aromatic rings. The van der Waals surface area contributed by atoms with Crippen molar-refractivity contribution in [1.82, 2.24) is 14.5 Å². The van der Waals surface area contributed by atoms with Crippen LogP contribution in [-0.4, -0.2) is 86.3 Å². The van der Waals surface area contributed by atoms with E-state index in [1.807, 2.05) is 0 Å². The largest absolute Gasteiger partial charge is 0.381 e. The number of carbonyl (C=O) groups is 1. The average Bonchev–Trinajstić information content (AvgIpc) is 3.54. The number of ether oxygens (including phenoxy) is 2. The molecule has 6 rings (SSSR count). The second-order valence-electron chi connectivity index (χ2n) is 9.80. The molecule has 0 atom stereocenters. The van der Waals surface area contributed by atoms with Crippen molar-refractivity contribution in [2.24, 2.45) is 0 Å². The van der Waals surface area contributed by atoms with Gasteiger partial charge >= 0.3 is 16.2 Å². The second kappa shape index (κ2) is 10.6. The monoisotopic (exact) mass is 524 g/mol. The molecule has 189 valence electrons. The van der Waals surface area contributed by atoms with Gasteiger partial charge in [0, 0.05) is 54.7 Å². The smallest absolute Gasteiger partial charge is 0.334 e. The molecule has 2 aliphatic heterocycles. The van der Waals surface area contributed by atoms with E-state index in [0.29, 0.717) is 45.0 Å². The number of nitrogens with one attached hydrogen (secondary N) is 2. The zero-order valence-electron chi connectivity index (χ0n) is 20.7. The van der Waals surface area contributed by atoms with Gasteiger partial charge in [-0.3, -0.25) is 4.68 Å². The normalized spacial score (nSPS) is 19.7. The zero-order valence-corrected chi connectivity index (χ0v) is 23.5. The van der Waals surface area contributed by atoms with Gasteiger partial charge in [-0.2, -0.15) is 13.5 Å². The van der Waals surface area contributed by atoms with Crippen molar-refractivity contribution in [2.45, 2.75) is 63.5 Å². The van der Waals surface area contributed by atoms with Crippen molar-refractivity contribution in [3.63, 3.8) is 0 Å². The van der Waals surface area contributed by atoms with Gasteiger partial charge in [0.25, 0.3) is 0 Å². The molecule has 1 aromatic heterocycles. The maximum atomic E-state index is 13.6. The van der Waals surface area contributed by atoms with E-state index in [-0.39, 0.29) is 41.6 Å². The van der Waals surface area contributed by atoms with Gasteiger partial charge in [-0.25, -0.2) is 13.8 Å². The number of aryl methyl sites for hydroxylation is 2. The number of anilines is 2. The first-order valence-corrected chi connectivity index (χ1v) is 13.9. The summed E-state index contributed by atoms with van der Waals surface area (Å²) in [6.07, 6.45) is 10.3. The number of nitrogens with zero attached hydrogens (tertiary/aromatic N) is 3. The van der Waals surface area contributed by atoms with Gasteiger partial charge in [-0.15, -0.1) is 0 Å². The minimum atomic E-state index is -4.19. The first-order chi connectivity index (χ1) is 17.0. The number of amides is 2. The van der Waals surface area contributed by atoms with Gasteiger partial charge in [0.15, 0.2) is 0 Å². The molecule has 2 fully saturated rings. The van der Waals surface area contributed by atoms with E-state index in [2.05, 4.69) is 21.2 Å². The van der Waals surface area contributed by atoms with Crippen molar-refractivity contribution >= 4 is 57.2 Å². The Morgan fingerprint density at radius 3 is 2.31 bits per heavy atom. The summed E-state index contributed by atoms with van der Waals surface area (Å²) in [6, 6.07) is 1.33. The second-order valence-corrected chi connectivity index (χ2v) is 11.4. The van der Waals surface area contributed by atoms with Crippen LogP contribution in [0.5, 0.6) is 0 Å². The predicted octanol–water partition coefficient (Wildman–Crippen LogP) is 2.10. The Hall–Kier alpha value is -1.63. The Bertz CT molecular complexity index is 1210. The number of rotatable bonds is 6. The molecule has 1 aromatic carbocycles. The van der Waals surface area contributed by atoms with Crippen LogP contribution >= 0.6 is 0 Å². The first kappa shape index (κ1) is 26.0. The summed E-state index contributed by atoms with van der Waals surface area (Å²) in [5, 5.41) is 7.30. The van der Waals surface area contributed by atoms with Crippen LogP contribution in [0, 0.1) is 0 Å². The maximum Gasteiger partial charge on any atom is 0.334 e. The van der Waals surface area contributed by atoms with Gasteiger partial charge in [0.05, 0.1) is 37.2 Å². The summed E-state index contributed by atoms with van der Waals surface area (Å²) in [5.74, 6) is 0. The molecule has 12 heteroatoms. The molecule has 2 amide bonds. The summed E-state index contributed by atoms with van der Waals surface area (Å²) in [4.78, 5) is 13.1. The Labute approximate surface area is 233 Å². The van der Waals surface area contributed by atoms with Crippen LogP contribution in [-0.2, 0) is 45.4 Å². The van der Waals surface area contributed by atoms with Gasteiger partial charge in [-0.1, -0.05) is 6.07 Å². The van der Waals surface area contributed by atoms with Crippen molar-refractivity contribution in [2.75, 3.05) is 36.0 Å². The number of benzene rings is 1. The molecule has 1 radical (unpaired) electrons. The topological polar surface area (TPSA) is 115 Å². The third kappa shape index (κ3) is 4.93. The third-order valence-electron chi connectivity index (χ3n) is 7.55. The summed E-state index contributed by atoms with van der Waals surface area (Å²) in [5.41, 5.74) is 6.12. The quantitative estimate of drug-likeness (QED) is 0.560. The fourth-order valence-electron chi connectivity index (χ4n) is 5.76. The summed E-state index contributed by atoms with van der Waals surface area (Å²) < 4.78 is 43.3. The molecule has 2 saturated heterocycles. The number of carbonyl (C=O) groups excluding carboxylic acids is 1. The van der Waals surface area contributed by atoms with Crippen molar-refractivity contribution in [1.29, 1.82) is 0 Å². The maximum absolute atomic E-state index is 13.6. The van der Waals surface area contributed by atoms with Crippen LogP contribution < -0.4 is 14.3 Å². The number of fused-ring (bicyclic) bond motifs is 2. The van der Waals surface area contributed by atoms with Crippen LogP contribution in [0.15, 0.2) is 18.5 Å². The van der Waals surface area contributed by atoms with Gasteiger partial charge in [-0.05, 0) is 73.6 Å². The van der Waals surface area contributed by atoms with E-state index in [1.54, 1.807) is 17.1 Å². The molecule has 10 nitrogen and oxygen atoms in total. The molecule has 36 heavy (non-hydrogen) atoms. The van der Waals surface area contributed by atoms with Crippen LogP contribution in [0.4, 0.5) is 16.2 Å². The minimum Gasteiger partial charge on any atom is -0.381 e. The standard InChI is InChI=1S/C24H31N5O5S.Na/c30-24(26-23-21-5-1-3-16(21)11-17-4-2-6-22(17)23)27-35(31,32)29(18-7-9-33-10-8-18)19-12-25-28(13-19)20-14-34-15-20;/h11-13,18,20H,1-10,14-15H2,(H2,26,27,30);. The van der Waals surface area contributed by atoms with E-state index in [9.17, 15) is 13.2 Å². The van der Waals surface area contributed by atoms with Gasteiger partial charge in [0.1, 0.15) is 0 Å². The molecule has 0 unspecified atom stereocenters. The van der Waals surface area contributed by atoms with Crippen LogP contribution in [0.2, 0.25) is 0 Å². The average molecular weight is 525 g/mol. The van der Waals surface area contributed by atoms with E-state index < -0.39 is 16.2 Å². The molecular weight excluding hydrogens is 493 g/mol. The molecule has 2 N–H and O–H groups in total. The Morgan fingerprint density at radius 2 is 1.69 bits per heavy atom. The zero-order chi connectivity index (χ0) is 24.0. The van der Waals surface area contributed by atoms with Crippen molar-refractivity contribution < 1.29 is 22.7 Å². The molecule has 0 saturated carbocycles. The fourth-order valence-corrected chi connectivity index (χ4v) is 7.11. The van der Waals surface area contributed by atoms with Crippen LogP contribution in [0.1, 0.15) is 54.0 Å². The molecule has 4 aliphatic rings. The number of hydrogen-bond acceptors (Lipinski definition) is 6. The number of hydrogen-bond donors (Lipinski definition) is 2. The van der Waals surface area contributed by atoms with E-state index >= 15 is 0 Å². The van der Waals surface area contributed by atoms with Crippen LogP contribution in [0.3, 0.4) is 0 Å². The minimum absolute atomic E-state index is 0. The Balaban J connectivity index is 0.00000267. The molecule has 2 aliphatic carbocycles. The number of urea groups is 1. The molecule has 3 heterocycles. The summed E-state index contributed by atoms with van der Waals surface area (Å²) >= 11 is 0. The molecular formula is C24H31N5NaO5S.